The summed E-state index contributed by atoms with van der Waals surface area (Å²) in [7, 11) is 0. The summed E-state index contributed by atoms with van der Waals surface area (Å²) in [4.78, 5) is 1.27. The first kappa shape index (κ1) is 10.1. The third kappa shape index (κ3) is 1.84. The molecule has 3 atom stereocenters. The minimum absolute atomic E-state index is 0.389. The molecule has 2 N–H and O–H groups in total. The van der Waals surface area contributed by atoms with Crippen LogP contribution in [0.3, 0.4) is 0 Å². The second-order valence-electron chi connectivity index (χ2n) is 4.10. The maximum atomic E-state index is 6.00. The molecular weight excluding hydrogens is 194 g/mol. The molecular formula is C11H17NOS. The fourth-order valence-corrected chi connectivity index (χ4v) is 3.33. The Morgan fingerprint density at radius 3 is 2.79 bits per heavy atom. The van der Waals surface area contributed by atoms with Gasteiger partial charge in [-0.05, 0) is 31.7 Å². The zero-order valence-electron chi connectivity index (χ0n) is 8.69. The Balaban J connectivity index is 2.02. The van der Waals surface area contributed by atoms with Crippen LogP contribution in [0, 0.1) is 12.8 Å². The third-order valence-corrected chi connectivity index (χ3v) is 4.78. The minimum Gasteiger partial charge on any atom is -0.468 e. The Morgan fingerprint density at radius 1 is 1.50 bits per heavy atom. The zero-order chi connectivity index (χ0) is 10.1. The van der Waals surface area contributed by atoms with Gasteiger partial charge in [0.1, 0.15) is 5.76 Å². The second kappa shape index (κ2) is 3.99. The Morgan fingerprint density at radius 2 is 2.29 bits per heavy atom. The van der Waals surface area contributed by atoms with Crippen molar-refractivity contribution in [3.05, 3.63) is 18.1 Å². The van der Waals surface area contributed by atoms with Gasteiger partial charge in [0.2, 0.25) is 0 Å². The van der Waals surface area contributed by atoms with E-state index in [-0.39, 0.29) is 0 Å². The highest BCUT2D eigenvalue weighted by molar-refractivity contribution is 8.00. The quantitative estimate of drug-likeness (QED) is 0.817. The van der Waals surface area contributed by atoms with Crippen molar-refractivity contribution < 1.29 is 4.42 Å². The van der Waals surface area contributed by atoms with Gasteiger partial charge in [-0.2, -0.15) is 0 Å². The standard InChI is InChI=1S/C11H17NOS/c1-7-9(12)3-4-10(7)14-11-5-6-13-8(11)2/h5-7,9-10H,3-4,12H2,1-2H3. The Kier molecular flexibility index (Phi) is 2.88. The Hall–Kier alpha value is -0.410. The van der Waals surface area contributed by atoms with Crippen molar-refractivity contribution in [3.8, 4) is 0 Å². The van der Waals surface area contributed by atoms with E-state index >= 15 is 0 Å². The van der Waals surface area contributed by atoms with Crippen LogP contribution >= 0.6 is 11.8 Å². The van der Waals surface area contributed by atoms with Gasteiger partial charge in [-0.1, -0.05) is 6.92 Å². The lowest BCUT2D eigenvalue weighted by molar-refractivity contribution is 0.524. The fourth-order valence-electron chi connectivity index (χ4n) is 1.98. The van der Waals surface area contributed by atoms with E-state index in [1.54, 1.807) is 6.26 Å². The molecule has 1 aliphatic carbocycles. The average Bonchev–Trinajstić information content (AvgIpc) is 2.68. The van der Waals surface area contributed by atoms with Crippen LogP contribution in [0.2, 0.25) is 0 Å². The number of hydrogen-bond acceptors (Lipinski definition) is 3. The van der Waals surface area contributed by atoms with Crippen molar-refractivity contribution >= 4 is 11.8 Å². The first-order chi connectivity index (χ1) is 6.68. The molecule has 2 rings (SSSR count). The van der Waals surface area contributed by atoms with Crippen molar-refractivity contribution in [3.63, 3.8) is 0 Å². The number of furan rings is 1. The maximum absolute atomic E-state index is 6.00. The molecule has 0 aromatic carbocycles. The van der Waals surface area contributed by atoms with Crippen molar-refractivity contribution in [1.29, 1.82) is 0 Å². The van der Waals surface area contributed by atoms with E-state index in [4.69, 9.17) is 10.2 Å². The summed E-state index contributed by atoms with van der Waals surface area (Å²) in [6, 6.07) is 2.44. The van der Waals surface area contributed by atoms with E-state index in [2.05, 4.69) is 13.0 Å². The van der Waals surface area contributed by atoms with Crippen molar-refractivity contribution in [2.24, 2.45) is 11.7 Å². The SMILES string of the molecule is Cc1occc1SC1CCC(N)C1C. The number of rotatable bonds is 2. The lowest BCUT2D eigenvalue weighted by atomic mass is 10.1. The molecule has 0 aliphatic heterocycles. The first-order valence-electron chi connectivity index (χ1n) is 5.15. The van der Waals surface area contributed by atoms with Gasteiger partial charge < -0.3 is 10.2 Å². The molecule has 0 spiro atoms. The number of nitrogens with two attached hydrogens (primary N) is 1. The van der Waals surface area contributed by atoms with Crippen LogP contribution in [0.15, 0.2) is 21.6 Å². The minimum atomic E-state index is 0.389. The van der Waals surface area contributed by atoms with E-state index in [0.717, 1.165) is 12.2 Å². The summed E-state index contributed by atoms with van der Waals surface area (Å²) in [6.45, 7) is 4.27. The van der Waals surface area contributed by atoms with E-state index in [0.29, 0.717) is 17.2 Å². The predicted molar refractivity (Wildman–Crippen MR) is 59.5 cm³/mol. The van der Waals surface area contributed by atoms with Crippen LogP contribution in [0.5, 0.6) is 0 Å². The molecule has 0 saturated heterocycles. The molecule has 14 heavy (non-hydrogen) atoms. The summed E-state index contributed by atoms with van der Waals surface area (Å²) >= 11 is 1.92. The Bertz CT molecular complexity index is 310. The van der Waals surface area contributed by atoms with Crippen LogP contribution in [0.25, 0.3) is 0 Å². The predicted octanol–water partition coefficient (Wildman–Crippen LogP) is 2.81. The summed E-state index contributed by atoms with van der Waals surface area (Å²) in [5.41, 5.74) is 6.00. The third-order valence-electron chi connectivity index (χ3n) is 3.14. The Labute approximate surface area is 89.2 Å². The van der Waals surface area contributed by atoms with Gasteiger partial charge in [-0.3, -0.25) is 0 Å². The van der Waals surface area contributed by atoms with Gasteiger partial charge >= 0.3 is 0 Å². The molecule has 1 fully saturated rings. The van der Waals surface area contributed by atoms with Crippen molar-refractivity contribution in [1.82, 2.24) is 0 Å². The van der Waals surface area contributed by atoms with E-state index in [1.807, 2.05) is 18.7 Å². The molecule has 1 aliphatic rings. The normalized spacial score (nSPS) is 32.4. The number of thioether (sulfide) groups is 1. The molecule has 0 radical (unpaired) electrons. The van der Waals surface area contributed by atoms with Gasteiger partial charge in [0.05, 0.1) is 6.26 Å². The zero-order valence-corrected chi connectivity index (χ0v) is 9.51. The van der Waals surface area contributed by atoms with Crippen molar-refractivity contribution in [2.75, 3.05) is 0 Å². The lowest BCUT2D eigenvalue weighted by Gasteiger charge is -2.16. The van der Waals surface area contributed by atoms with Crippen LogP contribution < -0.4 is 5.73 Å². The molecule has 3 heteroatoms. The molecule has 1 saturated carbocycles. The summed E-state index contributed by atoms with van der Waals surface area (Å²) in [5, 5.41) is 0.668. The molecule has 2 nitrogen and oxygen atoms in total. The fraction of sp³-hybridized carbons (Fsp3) is 0.636. The van der Waals surface area contributed by atoms with E-state index < -0.39 is 0 Å². The lowest BCUT2D eigenvalue weighted by Crippen LogP contribution is -2.25. The number of aryl methyl sites for hydroxylation is 1. The van der Waals surface area contributed by atoms with Gasteiger partial charge in [0.15, 0.2) is 0 Å². The van der Waals surface area contributed by atoms with Gasteiger partial charge in [0.25, 0.3) is 0 Å². The first-order valence-corrected chi connectivity index (χ1v) is 6.03. The summed E-state index contributed by atoms with van der Waals surface area (Å²) < 4.78 is 5.28. The molecule has 3 unspecified atom stereocenters. The van der Waals surface area contributed by atoms with Crippen LogP contribution in [0.1, 0.15) is 25.5 Å². The van der Waals surface area contributed by atoms with Gasteiger partial charge in [0, 0.05) is 16.2 Å². The largest absolute Gasteiger partial charge is 0.468 e. The monoisotopic (exact) mass is 211 g/mol. The topological polar surface area (TPSA) is 39.2 Å². The van der Waals surface area contributed by atoms with E-state index in [9.17, 15) is 0 Å². The average molecular weight is 211 g/mol. The molecule has 1 aromatic heterocycles. The van der Waals surface area contributed by atoms with E-state index in [1.165, 1.54) is 11.3 Å². The molecule has 1 aromatic rings. The van der Waals surface area contributed by atoms with Gasteiger partial charge in [-0.25, -0.2) is 0 Å². The number of hydrogen-bond donors (Lipinski definition) is 1. The van der Waals surface area contributed by atoms with Crippen LogP contribution in [0.4, 0.5) is 0 Å². The summed E-state index contributed by atoms with van der Waals surface area (Å²) in [5.74, 6) is 1.65. The van der Waals surface area contributed by atoms with Crippen molar-refractivity contribution in [2.45, 2.75) is 42.9 Å². The smallest absolute Gasteiger partial charge is 0.114 e. The van der Waals surface area contributed by atoms with Gasteiger partial charge in [-0.15, -0.1) is 11.8 Å². The highest BCUT2D eigenvalue weighted by Gasteiger charge is 2.31. The molecule has 0 bridgehead atoms. The second-order valence-corrected chi connectivity index (χ2v) is 5.38. The van der Waals surface area contributed by atoms with Crippen LogP contribution in [-0.2, 0) is 0 Å². The highest BCUT2D eigenvalue weighted by Crippen LogP contribution is 2.39. The highest BCUT2D eigenvalue weighted by atomic mass is 32.2. The molecule has 1 heterocycles. The molecule has 78 valence electrons. The summed E-state index contributed by atoms with van der Waals surface area (Å²) in [6.07, 6.45) is 4.16. The maximum Gasteiger partial charge on any atom is 0.114 e. The van der Waals surface area contributed by atoms with Crippen LogP contribution in [-0.4, -0.2) is 11.3 Å². The molecule has 0 amide bonds.